The SMILES string of the molecule is C[Se]C1=C(C#N)C(c2ccco2)C2=C(CCCC2=O)N1. The molecule has 20 heavy (non-hydrogen) atoms. The van der Waals surface area contributed by atoms with Crippen molar-refractivity contribution < 1.29 is 9.21 Å². The Morgan fingerprint density at radius 1 is 1.50 bits per heavy atom. The zero-order valence-electron chi connectivity index (χ0n) is 11.1. The Morgan fingerprint density at radius 3 is 3.00 bits per heavy atom. The first-order valence-electron chi connectivity index (χ1n) is 6.51. The third-order valence-electron chi connectivity index (χ3n) is 3.69. The second-order valence-corrected chi connectivity index (χ2v) is 6.51. The quantitative estimate of drug-likeness (QED) is 0.845. The minimum absolute atomic E-state index is 0.135. The van der Waals surface area contributed by atoms with Gasteiger partial charge in [-0.2, -0.15) is 0 Å². The molecule has 3 rings (SSSR count). The van der Waals surface area contributed by atoms with Crippen LogP contribution in [0, 0.1) is 11.3 Å². The molecule has 1 unspecified atom stereocenters. The van der Waals surface area contributed by atoms with E-state index in [9.17, 15) is 10.1 Å². The molecule has 0 fully saturated rings. The summed E-state index contributed by atoms with van der Waals surface area (Å²) in [6, 6.07) is 5.93. The van der Waals surface area contributed by atoms with Crippen molar-refractivity contribution in [1.29, 1.82) is 5.26 Å². The average Bonchev–Trinajstić information content (AvgIpc) is 2.99. The van der Waals surface area contributed by atoms with Crippen molar-refractivity contribution in [1.82, 2.24) is 5.32 Å². The molecule has 0 saturated heterocycles. The van der Waals surface area contributed by atoms with E-state index in [2.05, 4.69) is 17.2 Å². The summed E-state index contributed by atoms with van der Waals surface area (Å²) in [6.45, 7) is 0. The summed E-state index contributed by atoms with van der Waals surface area (Å²) >= 11 is 0.176. The molecule has 4 nitrogen and oxygen atoms in total. The van der Waals surface area contributed by atoms with E-state index in [0.717, 1.165) is 28.7 Å². The van der Waals surface area contributed by atoms with Crippen LogP contribution in [0.25, 0.3) is 0 Å². The molecule has 102 valence electrons. The van der Waals surface area contributed by atoms with Crippen molar-refractivity contribution in [2.45, 2.75) is 31.0 Å². The van der Waals surface area contributed by atoms with Gasteiger partial charge in [-0.25, -0.2) is 0 Å². The number of rotatable bonds is 2. The fourth-order valence-corrected chi connectivity index (χ4v) is 4.10. The van der Waals surface area contributed by atoms with E-state index in [1.165, 1.54) is 0 Å². The molecular weight excluding hydrogens is 319 g/mol. The van der Waals surface area contributed by atoms with Crippen molar-refractivity contribution in [2.75, 3.05) is 0 Å². The van der Waals surface area contributed by atoms with Gasteiger partial charge in [-0.05, 0) is 0 Å². The molecule has 0 amide bonds. The number of nitriles is 1. The van der Waals surface area contributed by atoms with Crippen LogP contribution in [-0.2, 0) is 4.79 Å². The van der Waals surface area contributed by atoms with Crippen LogP contribution < -0.4 is 5.32 Å². The Labute approximate surface area is 123 Å². The molecule has 1 aromatic heterocycles. The first-order chi connectivity index (χ1) is 9.76. The van der Waals surface area contributed by atoms with Crippen molar-refractivity contribution in [2.24, 2.45) is 0 Å². The average molecular weight is 333 g/mol. The normalized spacial score (nSPS) is 22.4. The van der Waals surface area contributed by atoms with Crippen LogP contribution in [0.15, 0.2) is 44.3 Å². The molecular formula is C15H14N2O2Se. The molecule has 1 aromatic rings. The number of ketones is 1. The van der Waals surface area contributed by atoms with Gasteiger partial charge in [-0.1, -0.05) is 0 Å². The second kappa shape index (κ2) is 5.32. The number of Topliss-reactive ketones (excluding diaryl/α,β-unsaturated/α-hetero) is 1. The Morgan fingerprint density at radius 2 is 2.35 bits per heavy atom. The van der Waals surface area contributed by atoms with E-state index in [4.69, 9.17) is 4.42 Å². The molecule has 0 aromatic carbocycles. The van der Waals surface area contributed by atoms with Gasteiger partial charge in [0.15, 0.2) is 0 Å². The zero-order chi connectivity index (χ0) is 14.1. The number of furan rings is 1. The predicted octanol–water partition coefficient (Wildman–Crippen LogP) is 2.46. The molecule has 0 radical (unpaired) electrons. The number of dihydropyridines is 1. The topological polar surface area (TPSA) is 66.0 Å². The molecule has 1 aliphatic heterocycles. The monoisotopic (exact) mass is 334 g/mol. The number of allylic oxidation sites excluding steroid dienone is 3. The van der Waals surface area contributed by atoms with E-state index < -0.39 is 0 Å². The van der Waals surface area contributed by atoms with E-state index in [0.29, 0.717) is 17.8 Å². The summed E-state index contributed by atoms with van der Waals surface area (Å²) in [5.41, 5.74) is 2.35. The van der Waals surface area contributed by atoms with Gasteiger partial charge in [0, 0.05) is 0 Å². The van der Waals surface area contributed by atoms with Gasteiger partial charge in [-0.3, -0.25) is 0 Å². The summed E-state index contributed by atoms with van der Waals surface area (Å²) in [4.78, 5) is 12.3. The molecule has 1 N–H and O–H groups in total. The summed E-state index contributed by atoms with van der Waals surface area (Å²) < 4.78 is 6.47. The van der Waals surface area contributed by atoms with Crippen LogP contribution in [0.2, 0.25) is 5.82 Å². The number of hydrogen-bond donors (Lipinski definition) is 1. The Kier molecular flexibility index (Phi) is 3.52. The van der Waals surface area contributed by atoms with Crippen LogP contribution in [0.5, 0.6) is 0 Å². The van der Waals surface area contributed by atoms with Gasteiger partial charge in [-0.15, -0.1) is 0 Å². The predicted molar refractivity (Wildman–Crippen MR) is 74.7 cm³/mol. The van der Waals surface area contributed by atoms with Crippen LogP contribution in [0.3, 0.4) is 0 Å². The Hall–Kier alpha value is -1.76. The maximum absolute atomic E-state index is 12.3. The van der Waals surface area contributed by atoms with E-state index in [-0.39, 0.29) is 26.7 Å². The van der Waals surface area contributed by atoms with Crippen LogP contribution in [0.4, 0.5) is 0 Å². The number of carbonyl (C=O) groups excluding carboxylic acids is 1. The van der Waals surface area contributed by atoms with Crippen molar-refractivity contribution in [3.63, 3.8) is 0 Å². The van der Waals surface area contributed by atoms with Gasteiger partial charge >= 0.3 is 123 Å². The van der Waals surface area contributed by atoms with E-state index >= 15 is 0 Å². The van der Waals surface area contributed by atoms with Crippen molar-refractivity contribution >= 4 is 20.7 Å². The maximum atomic E-state index is 12.3. The third kappa shape index (κ3) is 2.02. The summed E-state index contributed by atoms with van der Waals surface area (Å²) in [6.07, 6.45) is 3.90. The van der Waals surface area contributed by atoms with Gasteiger partial charge in [0.1, 0.15) is 0 Å². The van der Waals surface area contributed by atoms with E-state index in [1.54, 1.807) is 12.3 Å². The number of nitrogens with one attached hydrogen (secondary N) is 1. The van der Waals surface area contributed by atoms with E-state index in [1.807, 2.05) is 6.07 Å². The number of nitrogens with zero attached hydrogens (tertiary/aromatic N) is 1. The second-order valence-electron chi connectivity index (χ2n) is 4.80. The molecule has 2 heterocycles. The zero-order valence-corrected chi connectivity index (χ0v) is 12.8. The standard InChI is InChI=1S/C15H14N2O2Se/c1-20-15-9(8-16)13(12-6-3-7-19-12)14-10(17-15)4-2-5-11(14)18/h3,6-7,13,17H,2,4-5H2,1H3. The fraction of sp³-hybridized carbons (Fsp3) is 0.333. The molecule has 1 aliphatic carbocycles. The fourth-order valence-electron chi connectivity index (χ4n) is 2.82. The first-order valence-corrected chi connectivity index (χ1v) is 9.08. The van der Waals surface area contributed by atoms with Gasteiger partial charge in [0.05, 0.1) is 0 Å². The Balaban J connectivity index is 2.18. The van der Waals surface area contributed by atoms with Gasteiger partial charge < -0.3 is 0 Å². The Bertz CT molecular complexity index is 650. The minimum atomic E-state index is -0.323. The molecule has 1 atom stereocenters. The van der Waals surface area contributed by atoms with Crippen LogP contribution in [-0.4, -0.2) is 20.7 Å². The molecule has 0 bridgehead atoms. The van der Waals surface area contributed by atoms with Gasteiger partial charge in [0.25, 0.3) is 0 Å². The molecule has 0 saturated carbocycles. The summed E-state index contributed by atoms with van der Waals surface area (Å²) in [5, 5.41) is 12.9. The number of hydrogen-bond acceptors (Lipinski definition) is 4. The summed E-state index contributed by atoms with van der Waals surface area (Å²) in [7, 11) is 0. The first kappa shape index (κ1) is 13.2. The van der Waals surface area contributed by atoms with Crippen LogP contribution in [0.1, 0.15) is 30.9 Å². The van der Waals surface area contributed by atoms with Crippen molar-refractivity contribution in [3.8, 4) is 6.07 Å². The van der Waals surface area contributed by atoms with Crippen LogP contribution >= 0.6 is 0 Å². The summed E-state index contributed by atoms with van der Waals surface area (Å²) in [5.74, 6) is 2.57. The molecule has 0 spiro atoms. The van der Waals surface area contributed by atoms with Crippen molar-refractivity contribution in [3.05, 3.63) is 45.6 Å². The third-order valence-corrected chi connectivity index (χ3v) is 5.23. The van der Waals surface area contributed by atoms with Gasteiger partial charge in [0.2, 0.25) is 0 Å². The molecule has 5 heteroatoms. The molecule has 2 aliphatic rings. The number of carbonyl (C=O) groups is 1.